The summed E-state index contributed by atoms with van der Waals surface area (Å²) in [6.07, 6.45) is 0.903. The van der Waals surface area contributed by atoms with Crippen molar-refractivity contribution in [2.45, 2.75) is 13.3 Å². The van der Waals surface area contributed by atoms with Crippen molar-refractivity contribution in [1.82, 2.24) is 0 Å². The van der Waals surface area contributed by atoms with Gasteiger partial charge in [-0.3, -0.25) is 0 Å². The van der Waals surface area contributed by atoms with Gasteiger partial charge >= 0.3 is 5.97 Å². The van der Waals surface area contributed by atoms with Crippen molar-refractivity contribution >= 4 is 34.7 Å². The zero-order valence-corrected chi connectivity index (χ0v) is 12.4. The van der Waals surface area contributed by atoms with E-state index in [1.165, 1.54) is 11.6 Å². The molecular weight excluding hydrogens is 284 g/mol. The summed E-state index contributed by atoms with van der Waals surface area (Å²) in [7, 11) is 0. The summed E-state index contributed by atoms with van der Waals surface area (Å²) < 4.78 is 0. The summed E-state index contributed by atoms with van der Waals surface area (Å²) in [6.45, 7) is 2.08. The fourth-order valence-electron chi connectivity index (χ4n) is 1.97. The predicted molar refractivity (Wildman–Crippen MR) is 89.1 cm³/mol. The second-order valence-electron chi connectivity index (χ2n) is 4.48. The van der Waals surface area contributed by atoms with Crippen molar-refractivity contribution in [2.24, 2.45) is 0 Å². The highest BCUT2D eigenvalue weighted by molar-refractivity contribution is 7.80. The van der Waals surface area contributed by atoms with Gasteiger partial charge in [-0.15, -0.1) is 0 Å². The quantitative estimate of drug-likeness (QED) is 0.751. The first-order valence-electron chi connectivity index (χ1n) is 6.59. The summed E-state index contributed by atoms with van der Waals surface area (Å²) in [5, 5.41) is 15.5. The Morgan fingerprint density at radius 3 is 2.62 bits per heavy atom. The van der Waals surface area contributed by atoms with Crippen molar-refractivity contribution in [3.63, 3.8) is 0 Å². The Hall–Kier alpha value is -2.40. The number of hydrogen-bond acceptors (Lipinski definition) is 2. The van der Waals surface area contributed by atoms with Crippen molar-refractivity contribution in [2.75, 3.05) is 10.6 Å². The lowest BCUT2D eigenvalue weighted by atomic mass is 10.1. The molecule has 0 fully saturated rings. The Morgan fingerprint density at radius 2 is 1.90 bits per heavy atom. The molecule has 0 saturated carbocycles. The van der Waals surface area contributed by atoms with Crippen LogP contribution in [0.2, 0.25) is 0 Å². The number of thiocarbonyl (C=S) groups is 1. The van der Waals surface area contributed by atoms with Gasteiger partial charge < -0.3 is 15.7 Å². The van der Waals surface area contributed by atoms with Gasteiger partial charge in [0.25, 0.3) is 0 Å². The monoisotopic (exact) mass is 300 g/mol. The normalized spacial score (nSPS) is 9.95. The Balaban J connectivity index is 2.08. The first-order chi connectivity index (χ1) is 10.1. The molecule has 5 heteroatoms. The molecule has 0 spiro atoms. The molecule has 0 amide bonds. The maximum Gasteiger partial charge on any atom is 0.335 e. The van der Waals surface area contributed by atoms with Crippen LogP contribution in [0, 0.1) is 0 Å². The highest BCUT2D eigenvalue weighted by Gasteiger charge is 2.05. The lowest BCUT2D eigenvalue weighted by Gasteiger charge is -2.13. The molecule has 0 aliphatic heterocycles. The minimum Gasteiger partial charge on any atom is -0.478 e. The number of carbonyl (C=O) groups is 1. The maximum atomic E-state index is 10.9. The smallest absolute Gasteiger partial charge is 0.335 e. The minimum absolute atomic E-state index is 0.219. The lowest BCUT2D eigenvalue weighted by Crippen LogP contribution is -2.20. The predicted octanol–water partition coefficient (Wildman–Crippen LogP) is 3.76. The van der Waals surface area contributed by atoms with E-state index < -0.39 is 5.97 Å². The van der Waals surface area contributed by atoms with E-state index in [2.05, 4.69) is 17.6 Å². The number of rotatable bonds is 4. The number of anilines is 2. The molecule has 108 valence electrons. The average Bonchev–Trinajstić information content (AvgIpc) is 2.48. The standard InChI is InChI=1S/C16H16N2O2S/c1-2-11-6-3-4-9-14(11)18-16(21)17-13-8-5-7-12(10-13)15(19)20/h3-10H,2H2,1H3,(H,19,20)(H2,17,18,21). The molecule has 2 aromatic rings. The van der Waals surface area contributed by atoms with Crippen LogP contribution in [0.4, 0.5) is 11.4 Å². The zero-order chi connectivity index (χ0) is 15.2. The molecule has 0 unspecified atom stereocenters. The Kier molecular flexibility index (Phi) is 4.90. The van der Waals surface area contributed by atoms with E-state index in [-0.39, 0.29) is 5.56 Å². The summed E-state index contributed by atoms with van der Waals surface area (Å²) in [6, 6.07) is 14.4. The number of nitrogens with one attached hydrogen (secondary N) is 2. The molecule has 2 rings (SSSR count). The number of aryl methyl sites for hydroxylation is 1. The van der Waals surface area contributed by atoms with E-state index in [0.717, 1.165) is 12.1 Å². The van der Waals surface area contributed by atoms with E-state index in [1.807, 2.05) is 24.3 Å². The maximum absolute atomic E-state index is 10.9. The number of para-hydroxylation sites is 1. The highest BCUT2D eigenvalue weighted by atomic mass is 32.1. The topological polar surface area (TPSA) is 61.4 Å². The number of carboxylic acids is 1. The summed E-state index contributed by atoms with van der Waals surface area (Å²) in [5.74, 6) is -0.964. The molecule has 4 nitrogen and oxygen atoms in total. The number of aromatic carboxylic acids is 1. The first-order valence-corrected chi connectivity index (χ1v) is 7.00. The molecule has 0 aliphatic carbocycles. The minimum atomic E-state index is -0.964. The van der Waals surface area contributed by atoms with Crippen molar-refractivity contribution in [1.29, 1.82) is 0 Å². The fraction of sp³-hybridized carbons (Fsp3) is 0.125. The molecule has 0 atom stereocenters. The SMILES string of the molecule is CCc1ccccc1NC(=S)Nc1cccc(C(=O)O)c1. The van der Waals surface area contributed by atoms with Crippen LogP contribution in [0.25, 0.3) is 0 Å². The molecule has 0 bridgehead atoms. The van der Waals surface area contributed by atoms with Crippen LogP contribution in [0.5, 0.6) is 0 Å². The second-order valence-corrected chi connectivity index (χ2v) is 4.88. The third-order valence-electron chi connectivity index (χ3n) is 3.01. The van der Waals surface area contributed by atoms with Crippen LogP contribution in [0.1, 0.15) is 22.8 Å². The van der Waals surface area contributed by atoms with Gasteiger partial charge in [0, 0.05) is 11.4 Å². The molecule has 2 aromatic carbocycles. The molecule has 0 aliphatic rings. The van der Waals surface area contributed by atoms with E-state index in [0.29, 0.717) is 10.8 Å². The van der Waals surface area contributed by atoms with E-state index in [9.17, 15) is 4.79 Å². The van der Waals surface area contributed by atoms with Crippen molar-refractivity contribution in [3.8, 4) is 0 Å². The zero-order valence-electron chi connectivity index (χ0n) is 11.6. The number of hydrogen-bond donors (Lipinski definition) is 3. The van der Waals surface area contributed by atoms with Gasteiger partial charge in [0.1, 0.15) is 0 Å². The van der Waals surface area contributed by atoms with Crippen LogP contribution < -0.4 is 10.6 Å². The molecule has 0 radical (unpaired) electrons. The van der Waals surface area contributed by atoms with Crippen molar-refractivity contribution in [3.05, 3.63) is 59.7 Å². The van der Waals surface area contributed by atoms with Gasteiger partial charge in [0.05, 0.1) is 5.56 Å². The van der Waals surface area contributed by atoms with Crippen molar-refractivity contribution < 1.29 is 9.90 Å². The third-order valence-corrected chi connectivity index (χ3v) is 3.22. The van der Waals surface area contributed by atoms with Gasteiger partial charge in [0.2, 0.25) is 0 Å². The van der Waals surface area contributed by atoms with Gasteiger partial charge in [-0.2, -0.15) is 0 Å². The second kappa shape index (κ2) is 6.85. The Bertz CT molecular complexity index is 671. The van der Waals surface area contributed by atoms with Crippen LogP contribution in [-0.4, -0.2) is 16.2 Å². The van der Waals surface area contributed by atoms with Crippen LogP contribution in [-0.2, 0) is 6.42 Å². The average molecular weight is 300 g/mol. The Morgan fingerprint density at radius 1 is 1.14 bits per heavy atom. The molecular formula is C16H16N2O2S. The van der Waals surface area contributed by atoms with E-state index >= 15 is 0 Å². The molecule has 21 heavy (non-hydrogen) atoms. The van der Waals surface area contributed by atoms with Crippen LogP contribution in [0.15, 0.2) is 48.5 Å². The van der Waals surface area contributed by atoms with Gasteiger partial charge in [0.15, 0.2) is 5.11 Å². The molecule has 0 heterocycles. The largest absolute Gasteiger partial charge is 0.478 e. The van der Waals surface area contributed by atoms with Gasteiger partial charge in [-0.25, -0.2) is 4.79 Å². The first kappa shape index (κ1) is 15.0. The molecule has 0 saturated heterocycles. The lowest BCUT2D eigenvalue weighted by molar-refractivity contribution is 0.0697. The van der Waals surface area contributed by atoms with Crippen LogP contribution >= 0.6 is 12.2 Å². The third kappa shape index (κ3) is 4.03. The van der Waals surface area contributed by atoms with E-state index in [4.69, 9.17) is 17.3 Å². The molecule has 0 aromatic heterocycles. The summed E-state index contributed by atoms with van der Waals surface area (Å²) >= 11 is 5.26. The molecule has 3 N–H and O–H groups in total. The summed E-state index contributed by atoms with van der Waals surface area (Å²) in [5.41, 5.74) is 2.98. The van der Waals surface area contributed by atoms with E-state index in [1.54, 1.807) is 18.2 Å². The number of benzene rings is 2. The van der Waals surface area contributed by atoms with Gasteiger partial charge in [-0.1, -0.05) is 31.2 Å². The summed E-state index contributed by atoms with van der Waals surface area (Å²) in [4.78, 5) is 10.9. The highest BCUT2D eigenvalue weighted by Crippen LogP contribution is 2.16. The van der Waals surface area contributed by atoms with Crippen LogP contribution in [0.3, 0.4) is 0 Å². The van der Waals surface area contributed by atoms with Gasteiger partial charge in [-0.05, 0) is 48.5 Å². The number of carboxylic acid groups (broad SMARTS) is 1. The fourth-order valence-corrected chi connectivity index (χ4v) is 2.19. The Labute approximate surface area is 128 Å².